The van der Waals surface area contributed by atoms with Gasteiger partial charge in [-0.15, -0.1) is 10.2 Å². The van der Waals surface area contributed by atoms with Gasteiger partial charge in [0.05, 0.1) is 6.54 Å². The van der Waals surface area contributed by atoms with E-state index in [9.17, 15) is 4.79 Å². The number of benzene rings is 1. The summed E-state index contributed by atoms with van der Waals surface area (Å²) < 4.78 is 2.08. The van der Waals surface area contributed by atoms with Gasteiger partial charge in [0, 0.05) is 29.1 Å². The van der Waals surface area contributed by atoms with Crippen LogP contribution in [0.15, 0.2) is 61.1 Å². The van der Waals surface area contributed by atoms with Crippen molar-refractivity contribution < 1.29 is 4.79 Å². The number of fused-ring (bicyclic) bond motifs is 1. The number of anilines is 1. The summed E-state index contributed by atoms with van der Waals surface area (Å²) in [6.07, 6.45) is 5.83. The van der Waals surface area contributed by atoms with Crippen molar-refractivity contribution in [2.75, 3.05) is 4.90 Å². The highest BCUT2D eigenvalue weighted by atomic mass is 16.2. The highest BCUT2D eigenvalue weighted by molar-refractivity contribution is 6.10. The maximum atomic E-state index is 13.3. The number of hydrogen-bond donors (Lipinski definition) is 0. The van der Waals surface area contributed by atoms with Crippen LogP contribution < -0.4 is 4.90 Å². The molecule has 1 aliphatic heterocycles. The second kappa shape index (κ2) is 6.84. The van der Waals surface area contributed by atoms with Gasteiger partial charge in [0.2, 0.25) is 0 Å². The molecule has 7 heteroatoms. The van der Waals surface area contributed by atoms with Gasteiger partial charge in [0.25, 0.3) is 5.91 Å². The van der Waals surface area contributed by atoms with E-state index in [0.29, 0.717) is 24.0 Å². The molecule has 0 bridgehead atoms. The average Bonchev–Trinajstić information content (AvgIpc) is 3.43. The second-order valence-electron chi connectivity index (χ2n) is 8.07. The molecule has 2 aliphatic rings. The molecule has 1 saturated carbocycles. The van der Waals surface area contributed by atoms with E-state index in [1.54, 1.807) is 17.4 Å². The number of aromatic nitrogens is 5. The molecule has 3 aromatic heterocycles. The number of carbonyl (C=O) groups excluding carboxylic acids is 1. The quantitative estimate of drug-likeness (QED) is 0.506. The first kappa shape index (κ1) is 17.9. The molecule has 7 nitrogen and oxygen atoms in total. The first-order valence-electron chi connectivity index (χ1n) is 10.4. The molecule has 1 aliphatic carbocycles. The van der Waals surface area contributed by atoms with Crippen molar-refractivity contribution in [3.8, 4) is 22.6 Å². The summed E-state index contributed by atoms with van der Waals surface area (Å²) >= 11 is 0. The van der Waals surface area contributed by atoms with Crippen molar-refractivity contribution in [1.82, 2.24) is 24.7 Å². The average molecular weight is 408 g/mol. The standard InChI is InChI=1S/C24H20N6O/c1-15-19(4-3-11-25-15)16-7-8-17-13-29(24(31)20(17)12-16)22-6-2-5-21(27-22)23-28-26-14-30(23)18-9-10-18/h2-8,11-12,14,18H,9-10,13H2,1H3. The van der Waals surface area contributed by atoms with Crippen LogP contribution in [0.1, 0.15) is 40.5 Å². The van der Waals surface area contributed by atoms with Gasteiger partial charge in [-0.1, -0.05) is 24.3 Å². The molecular weight excluding hydrogens is 388 g/mol. The lowest BCUT2D eigenvalue weighted by atomic mass is 9.99. The number of hydrogen-bond acceptors (Lipinski definition) is 5. The Bertz CT molecular complexity index is 1320. The molecule has 0 unspecified atom stereocenters. The number of pyridine rings is 2. The molecular formula is C24H20N6O. The van der Waals surface area contributed by atoms with Crippen molar-refractivity contribution in [2.45, 2.75) is 32.4 Å². The number of amides is 1. The second-order valence-corrected chi connectivity index (χ2v) is 8.07. The first-order valence-corrected chi connectivity index (χ1v) is 10.4. The summed E-state index contributed by atoms with van der Waals surface area (Å²) in [5.74, 6) is 1.35. The van der Waals surface area contributed by atoms with Crippen LogP contribution in [-0.4, -0.2) is 30.6 Å². The van der Waals surface area contributed by atoms with E-state index in [1.807, 2.05) is 49.4 Å². The zero-order chi connectivity index (χ0) is 20.9. The molecule has 4 aromatic rings. The number of rotatable bonds is 4. The molecule has 6 rings (SSSR count). The summed E-state index contributed by atoms with van der Waals surface area (Å²) in [5.41, 5.74) is 5.43. The number of nitrogens with zero attached hydrogens (tertiary/aromatic N) is 6. The van der Waals surface area contributed by atoms with Gasteiger partial charge in [0.15, 0.2) is 5.82 Å². The summed E-state index contributed by atoms with van der Waals surface area (Å²) in [4.78, 5) is 24.2. The monoisotopic (exact) mass is 408 g/mol. The van der Waals surface area contributed by atoms with Crippen LogP contribution in [-0.2, 0) is 6.54 Å². The van der Waals surface area contributed by atoms with E-state index in [0.717, 1.165) is 46.7 Å². The lowest BCUT2D eigenvalue weighted by Crippen LogP contribution is -2.24. The summed E-state index contributed by atoms with van der Waals surface area (Å²) in [5, 5.41) is 8.34. The molecule has 0 N–H and O–H groups in total. The molecule has 31 heavy (non-hydrogen) atoms. The van der Waals surface area contributed by atoms with E-state index in [1.165, 1.54) is 0 Å². The minimum absolute atomic E-state index is 0.0355. The van der Waals surface area contributed by atoms with Crippen LogP contribution >= 0.6 is 0 Å². The van der Waals surface area contributed by atoms with Gasteiger partial charge in [-0.25, -0.2) is 4.98 Å². The van der Waals surface area contributed by atoms with E-state index in [2.05, 4.69) is 25.8 Å². The Labute approximate surface area is 179 Å². The van der Waals surface area contributed by atoms with Crippen molar-refractivity contribution in [2.24, 2.45) is 0 Å². The molecule has 0 atom stereocenters. The third kappa shape index (κ3) is 3.01. The van der Waals surface area contributed by atoms with Crippen LogP contribution in [0.25, 0.3) is 22.6 Å². The predicted molar refractivity (Wildman–Crippen MR) is 116 cm³/mol. The van der Waals surface area contributed by atoms with Gasteiger partial charge in [-0.3, -0.25) is 14.7 Å². The SMILES string of the molecule is Cc1ncccc1-c1ccc2c(c1)C(=O)N(c1cccc(-c3nncn3C3CC3)n1)C2. The molecule has 4 heterocycles. The lowest BCUT2D eigenvalue weighted by Gasteiger charge is -2.15. The first-order chi connectivity index (χ1) is 15.2. The van der Waals surface area contributed by atoms with E-state index >= 15 is 0 Å². The Hall–Kier alpha value is -3.87. The molecule has 1 fully saturated rings. The van der Waals surface area contributed by atoms with E-state index in [-0.39, 0.29) is 5.91 Å². The van der Waals surface area contributed by atoms with E-state index in [4.69, 9.17) is 4.98 Å². The van der Waals surface area contributed by atoms with E-state index < -0.39 is 0 Å². The summed E-state index contributed by atoms with van der Waals surface area (Å²) in [7, 11) is 0. The summed E-state index contributed by atoms with van der Waals surface area (Å²) in [6.45, 7) is 2.48. The maximum Gasteiger partial charge on any atom is 0.260 e. The molecule has 0 spiro atoms. The maximum absolute atomic E-state index is 13.3. The lowest BCUT2D eigenvalue weighted by molar-refractivity contribution is 0.0996. The fourth-order valence-corrected chi connectivity index (χ4v) is 4.19. The Morgan fingerprint density at radius 2 is 1.94 bits per heavy atom. The zero-order valence-electron chi connectivity index (χ0n) is 17.1. The minimum atomic E-state index is -0.0355. The fourth-order valence-electron chi connectivity index (χ4n) is 4.19. The highest BCUT2D eigenvalue weighted by Crippen LogP contribution is 2.38. The van der Waals surface area contributed by atoms with Crippen molar-refractivity contribution >= 4 is 11.7 Å². The minimum Gasteiger partial charge on any atom is -0.309 e. The number of carbonyl (C=O) groups is 1. The Morgan fingerprint density at radius 3 is 2.77 bits per heavy atom. The Balaban J connectivity index is 1.34. The largest absolute Gasteiger partial charge is 0.309 e. The summed E-state index contributed by atoms with van der Waals surface area (Å²) in [6, 6.07) is 16.2. The van der Waals surface area contributed by atoms with Crippen molar-refractivity contribution in [3.63, 3.8) is 0 Å². The van der Waals surface area contributed by atoms with Gasteiger partial charge in [-0.2, -0.15) is 0 Å². The van der Waals surface area contributed by atoms with Crippen molar-refractivity contribution in [1.29, 1.82) is 0 Å². The number of aryl methyl sites for hydroxylation is 1. The smallest absolute Gasteiger partial charge is 0.260 e. The van der Waals surface area contributed by atoms with Crippen LogP contribution in [0.5, 0.6) is 0 Å². The zero-order valence-corrected chi connectivity index (χ0v) is 17.1. The molecule has 1 aromatic carbocycles. The Morgan fingerprint density at radius 1 is 1.03 bits per heavy atom. The van der Waals surface area contributed by atoms with Crippen LogP contribution in [0.4, 0.5) is 5.82 Å². The normalized spacial score (nSPS) is 15.4. The van der Waals surface area contributed by atoms with Crippen LogP contribution in [0.2, 0.25) is 0 Å². The highest BCUT2D eigenvalue weighted by Gasteiger charge is 2.31. The van der Waals surface area contributed by atoms with Gasteiger partial charge >= 0.3 is 0 Å². The third-order valence-electron chi connectivity index (χ3n) is 5.99. The fraction of sp³-hybridized carbons (Fsp3) is 0.208. The Kier molecular flexibility index (Phi) is 3.96. The van der Waals surface area contributed by atoms with Gasteiger partial charge in [-0.05, 0) is 55.2 Å². The topological polar surface area (TPSA) is 76.8 Å². The predicted octanol–water partition coefficient (Wildman–Crippen LogP) is 4.21. The third-order valence-corrected chi connectivity index (χ3v) is 5.99. The molecule has 0 saturated heterocycles. The van der Waals surface area contributed by atoms with Crippen molar-refractivity contribution in [3.05, 3.63) is 77.9 Å². The molecule has 1 amide bonds. The van der Waals surface area contributed by atoms with Crippen LogP contribution in [0, 0.1) is 6.92 Å². The van der Waals surface area contributed by atoms with Gasteiger partial charge < -0.3 is 4.57 Å². The van der Waals surface area contributed by atoms with Crippen LogP contribution in [0.3, 0.4) is 0 Å². The molecule has 0 radical (unpaired) electrons. The van der Waals surface area contributed by atoms with Gasteiger partial charge in [0.1, 0.15) is 17.8 Å². The molecule has 152 valence electrons.